The lowest BCUT2D eigenvalue weighted by molar-refractivity contribution is 0.233. The summed E-state index contributed by atoms with van der Waals surface area (Å²) in [5.41, 5.74) is 3.08. The Labute approximate surface area is 161 Å². The van der Waals surface area contributed by atoms with Crippen molar-refractivity contribution in [1.29, 1.82) is 0 Å². The zero-order chi connectivity index (χ0) is 18.0. The van der Waals surface area contributed by atoms with Gasteiger partial charge in [-0.2, -0.15) is 0 Å². The highest BCUT2D eigenvalue weighted by Crippen LogP contribution is 2.40. The van der Waals surface area contributed by atoms with Crippen LogP contribution in [0.15, 0.2) is 48.8 Å². The van der Waals surface area contributed by atoms with E-state index in [-0.39, 0.29) is 6.10 Å². The first-order valence-corrected chi connectivity index (χ1v) is 8.82. The van der Waals surface area contributed by atoms with Crippen LogP contribution in [-0.4, -0.2) is 16.1 Å². The van der Waals surface area contributed by atoms with Gasteiger partial charge >= 0.3 is 0 Å². The molecule has 3 aromatic rings. The molecule has 3 nitrogen and oxygen atoms in total. The van der Waals surface area contributed by atoms with Crippen LogP contribution in [0.1, 0.15) is 13.8 Å². The van der Waals surface area contributed by atoms with Crippen LogP contribution in [0.2, 0.25) is 15.1 Å². The van der Waals surface area contributed by atoms with Gasteiger partial charge in [0.15, 0.2) is 0 Å². The Balaban J connectivity index is 2.26. The van der Waals surface area contributed by atoms with Gasteiger partial charge < -0.3 is 4.74 Å². The van der Waals surface area contributed by atoms with Crippen LogP contribution in [0, 0.1) is 0 Å². The maximum absolute atomic E-state index is 6.40. The Morgan fingerprint density at radius 2 is 1.56 bits per heavy atom. The van der Waals surface area contributed by atoms with Crippen molar-refractivity contribution in [2.45, 2.75) is 20.0 Å². The third-order valence-corrected chi connectivity index (χ3v) is 4.28. The lowest BCUT2D eigenvalue weighted by Crippen LogP contribution is -2.09. The smallest absolute Gasteiger partial charge is 0.225 e. The van der Waals surface area contributed by atoms with E-state index >= 15 is 0 Å². The minimum Gasteiger partial charge on any atom is -0.474 e. The molecular weight excluding hydrogens is 379 g/mol. The van der Waals surface area contributed by atoms with Gasteiger partial charge in [0.25, 0.3) is 0 Å². The molecule has 0 saturated carbocycles. The van der Waals surface area contributed by atoms with Gasteiger partial charge in [0.2, 0.25) is 5.88 Å². The zero-order valence-corrected chi connectivity index (χ0v) is 15.9. The van der Waals surface area contributed by atoms with Crippen molar-refractivity contribution >= 4 is 34.8 Å². The molecule has 0 atom stereocenters. The molecule has 1 heterocycles. The average Bonchev–Trinajstić information content (AvgIpc) is 2.55. The number of ether oxygens (including phenoxy) is 1. The van der Waals surface area contributed by atoms with Gasteiger partial charge in [0, 0.05) is 15.6 Å². The van der Waals surface area contributed by atoms with E-state index in [4.69, 9.17) is 39.5 Å². The second-order valence-electron chi connectivity index (χ2n) is 5.70. The highest BCUT2D eigenvalue weighted by atomic mass is 35.5. The second-order valence-corrected chi connectivity index (χ2v) is 6.98. The Hall–Kier alpha value is -1.81. The van der Waals surface area contributed by atoms with Gasteiger partial charge in [0.05, 0.1) is 22.4 Å². The SMILES string of the molecule is CC(C)Oc1ncnc(-c2ccc(Cl)cc2Cl)c1-c1ccc(Cl)cc1. The molecule has 0 amide bonds. The molecule has 0 aliphatic rings. The van der Waals surface area contributed by atoms with Crippen LogP contribution in [0.25, 0.3) is 22.4 Å². The van der Waals surface area contributed by atoms with E-state index < -0.39 is 0 Å². The molecule has 0 radical (unpaired) electrons. The highest BCUT2D eigenvalue weighted by molar-refractivity contribution is 6.36. The molecule has 128 valence electrons. The molecule has 0 unspecified atom stereocenters. The summed E-state index contributed by atoms with van der Waals surface area (Å²) in [5, 5.41) is 1.73. The predicted molar refractivity (Wildman–Crippen MR) is 104 cm³/mol. The summed E-state index contributed by atoms with van der Waals surface area (Å²) in [7, 11) is 0. The van der Waals surface area contributed by atoms with Crippen LogP contribution >= 0.6 is 34.8 Å². The third-order valence-electron chi connectivity index (χ3n) is 3.48. The van der Waals surface area contributed by atoms with E-state index in [9.17, 15) is 0 Å². The van der Waals surface area contributed by atoms with E-state index in [1.165, 1.54) is 6.33 Å². The summed E-state index contributed by atoms with van der Waals surface area (Å²) in [6, 6.07) is 12.7. The van der Waals surface area contributed by atoms with Crippen LogP contribution in [-0.2, 0) is 0 Å². The van der Waals surface area contributed by atoms with Gasteiger partial charge in [-0.25, -0.2) is 9.97 Å². The van der Waals surface area contributed by atoms with Crippen molar-refractivity contribution < 1.29 is 4.74 Å². The lowest BCUT2D eigenvalue weighted by atomic mass is 10.00. The number of hydrogen-bond acceptors (Lipinski definition) is 3. The van der Waals surface area contributed by atoms with Crippen molar-refractivity contribution in [2.24, 2.45) is 0 Å². The van der Waals surface area contributed by atoms with E-state index in [1.54, 1.807) is 12.1 Å². The Kier molecular flexibility index (Phi) is 5.48. The lowest BCUT2D eigenvalue weighted by Gasteiger charge is -2.17. The molecule has 2 aromatic carbocycles. The molecule has 3 rings (SSSR count). The summed E-state index contributed by atoms with van der Waals surface area (Å²) in [4.78, 5) is 8.77. The normalized spacial score (nSPS) is 11.0. The molecule has 6 heteroatoms. The van der Waals surface area contributed by atoms with Crippen molar-refractivity contribution in [3.05, 3.63) is 63.9 Å². The standard InChI is InChI=1S/C19H15Cl3N2O/c1-11(2)25-19-17(12-3-5-13(20)6-4-12)18(23-10-24-19)15-8-7-14(21)9-16(15)22/h3-11H,1-2H3. The number of rotatable bonds is 4. The fourth-order valence-electron chi connectivity index (χ4n) is 2.44. The monoisotopic (exact) mass is 392 g/mol. The minimum atomic E-state index is -0.0329. The molecular formula is C19H15Cl3N2O. The number of halogens is 3. The quantitative estimate of drug-likeness (QED) is 0.503. The van der Waals surface area contributed by atoms with Crippen molar-refractivity contribution in [3.63, 3.8) is 0 Å². The average molecular weight is 394 g/mol. The number of hydrogen-bond donors (Lipinski definition) is 0. The second kappa shape index (κ2) is 7.61. The van der Waals surface area contributed by atoms with Crippen LogP contribution in [0.5, 0.6) is 5.88 Å². The largest absolute Gasteiger partial charge is 0.474 e. The molecule has 0 fully saturated rings. The molecule has 0 aliphatic carbocycles. The fourth-order valence-corrected chi connectivity index (χ4v) is 3.07. The summed E-state index contributed by atoms with van der Waals surface area (Å²) in [5.74, 6) is 0.494. The maximum atomic E-state index is 6.40. The van der Waals surface area contributed by atoms with Crippen molar-refractivity contribution in [2.75, 3.05) is 0 Å². The molecule has 0 saturated heterocycles. The first-order chi connectivity index (χ1) is 12.0. The van der Waals surface area contributed by atoms with Gasteiger partial charge in [-0.1, -0.05) is 46.9 Å². The van der Waals surface area contributed by atoms with E-state index in [2.05, 4.69) is 9.97 Å². The zero-order valence-electron chi connectivity index (χ0n) is 13.6. The Morgan fingerprint density at radius 1 is 0.880 bits per heavy atom. The Bertz CT molecular complexity index is 896. The summed E-state index contributed by atoms with van der Waals surface area (Å²) in [6.45, 7) is 3.89. The molecule has 0 spiro atoms. The van der Waals surface area contributed by atoms with E-state index in [0.29, 0.717) is 26.6 Å². The van der Waals surface area contributed by atoms with Gasteiger partial charge in [-0.05, 0) is 49.7 Å². The minimum absolute atomic E-state index is 0.0329. The highest BCUT2D eigenvalue weighted by Gasteiger charge is 2.19. The number of nitrogens with zero attached hydrogens (tertiary/aromatic N) is 2. The fraction of sp³-hybridized carbons (Fsp3) is 0.158. The third kappa shape index (κ3) is 4.06. The van der Waals surface area contributed by atoms with E-state index in [1.807, 2.05) is 44.2 Å². The first kappa shape index (κ1) is 18.0. The first-order valence-electron chi connectivity index (χ1n) is 7.68. The van der Waals surface area contributed by atoms with Crippen LogP contribution in [0.4, 0.5) is 0 Å². The summed E-state index contributed by atoms with van der Waals surface area (Å²) in [6.07, 6.45) is 1.44. The predicted octanol–water partition coefficient (Wildman–Crippen LogP) is 6.56. The van der Waals surface area contributed by atoms with Gasteiger partial charge in [0.1, 0.15) is 6.33 Å². The van der Waals surface area contributed by atoms with Crippen molar-refractivity contribution in [1.82, 2.24) is 9.97 Å². The molecule has 0 aliphatic heterocycles. The van der Waals surface area contributed by atoms with Gasteiger partial charge in [-0.3, -0.25) is 0 Å². The summed E-state index contributed by atoms with van der Waals surface area (Å²) >= 11 is 18.4. The molecule has 0 N–H and O–H groups in total. The topological polar surface area (TPSA) is 35.0 Å². The number of aromatic nitrogens is 2. The molecule has 25 heavy (non-hydrogen) atoms. The van der Waals surface area contributed by atoms with Gasteiger partial charge in [-0.15, -0.1) is 0 Å². The maximum Gasteiger partial charge on any atom is 0.225 e. The number of benzene rings is 2. The van der Waals surface area contributed by atoms with E-state index in [0.717, 1.165) is 16.7 Å². The van der Waals surface area contributed by atoms with Crippen LogP contribution < -0.4 is 4.74 Å². The molecule has 0 bridgehead atoms. The van der Waals surface area contributed by atoms with Crippen molar-refractivity contribution in [3.8, 4) is 28.3 Å². The summed E-state index contributed by atoms with van der Waals surface area (Å²) < 4.78 is 5.90. The Morgan fingerprint density at radius 3 is 2.20 bits per heavy atom. The molecule has 1 aromatic heterocycles. The van der Waals surface area contributed by atoms with Crippen LogP contribution in [0.3, 0.4) is 0 Å².